The topological polar surface area (TPSA) is 64.6 Å². The molecule has 0 aliphatic carbocycles. The number of hydrogen-bond donors (Lipinski definition) is 0. The fourth-order valence-electron chi connectivity index (χ4n) is 0.0833. The maximum absolute atomic E-state index is 9.98. The Morgan fingerprint density at radius 1 is 1.12 bits per heavy atom. The number of rotatable bonds is 2. The minimum absolute atomic E-state index is 0. The van der Waals surface area contributed by atoms with E-state index in [4.69, 9.17) is 0 Å². The summed E-state index contributed by atoms with van der Waals surface area (Å²) in [5, 5.41) is 0. The normalized spacial score (nSPS) is 10.5. The molecule has 4 nitrogen and oxygen atoms in total. The van der Waals surface area contributed by atoms with E-state index in [1.54, 1.807) is 0 Å². The molecule has 8 heavy (non-hydrogen) atoms. The quantitative estimate of drug-likeness (QED) is 0.407. The van der Waals surface area contributed by atoms with Crippen LogP contribution in [0.2, 0.25) is 0 Å². The van der Waals surface area contributed by atoms with Crippen LogP contribution in [0, 0.1) is 0 Å². The molecule has 0 aliphatic heterocycles. The molecule has 0 unspecified atom stereocenters. The van der Waals surface area contributed by atoms with E-state index < -0.39 is 9.05 Å². The first-order chi connectivity index (χ1) is 3.12. The van der Waals surface area contributed by atoms with E-state index in [1.807, 2.05) is 0 Å². The van der Waals surface area contributed by atoms with E-state index in [2.05, 4.69) is 8.85 Å². The van der Waals surface area contributed by atoms with Gasteiger partial charge in [-0.1, -0.05) is 0 Å². The van der Waals surface area contributed by atoms with Crippen LogP contribution in [0.1, 0.15) is 0 Å². The van der Waals surface area contributed by atoms with Crippen LogP contribution in [0.5, 0.6) is 0 Å². The van der Waals surface area contributed by atoms with E-state index in [0.29, 0.717) is 0 Å². The maximum Gasteiger partial charge on any atom is 2.00 e. The van der Waals surface area contributed by atoms with Crippen LogP contribution in [0.15, 0.2) is 0 Å². The smallest absolute Gasteiger partial charge is 0.828 e. The molecule has 0 N–H and O–H groups in total. The molecular weight excluding hydrogens is 156 g/mol. The van der Waals surface area contributed by atoms with Gasteiger partial charge in [0, 0.05) is 14.2 Å². The van der Waals surface area contributed by atoms with Crippen LogP contribution in [0.25, 0.3) is 0 Å². The zero-order valence-electron chi connectivity index (χ0n) is 4.84. The minimum atomic E-state index is -4.15. The van der Waals surface area contributed by atoms with Crippen molar-refractivity contribution in [1.29, 1.82) is 0 Å². The average molecular weight is 162 g/mol. The van der Waals surface area contributed by atoms with Crippen LogP contribution in [-0.2, 0) is 8.85 Å². The molecular formula is C2H6CaO4Si. The van der Waals surface area contributed by atoms with Gasteiger partial charge in [-0.05, 0) is 0 Å². The van der Waals surface area contributed by atoms with Gasteiger partial charge in [0.1, 0.15) is 9.05 Å². The van der Waals surface area contributed by atoms with E-state index in [9.17, 15) is 9.59 Å². The Balaban J connectivity index is 0. The molecule has 0 heterocycles. The predicted molar refractivity (Wildman–Crippen MR) is 25.5 cm³/mol. The van der Waals surface area contributed by atoms with Gasteiger partial charge in [0.25, 0.3) is 0 Å². The predicted octanol–water partition coefficient (Wildman–Crippen LogP) is -2.95. The number of hydrogen-bond acceptors (Lipinski definition) is 4. The third-order valence-corrected chi connectivity index (χ3v) is 1.50. The Labute approximate surface area is 78.9 Å². The van der Waals surface area contributed by atoms with Crippen molar-refractivity contribution >= 4 is 46.8 Å². The SMILES string of the molecule is CO[Si]([O-])([O-])OC.[Ca+2]. The van der Waals surface area contributed by atoms with Crippen LogP contribution < -0.4 is 9.59 Å². The first-order valence-electron chi connectivity index (χ1n) is 1.63. The van der Waals surface area contributed by atoms with E-state index >= 15 is 0 Å². The molecule has 44 valence electrons. The summed E-state index contributed by atoms with van der Waals surface area (Å²) in [5.41, 5.74) is 0. The van der Waals surface area contributed by atoms with Crippen LogP contribution in [0.4, 0.5) is 0 Å². The second-order valence-electron chi connectivity index (χ2n) is 0.908. The molecule has 0 aliphatic rings. The zero-order chi connectivity index (χ0) is 5.91. The van der Waals surface area contributed by atoms with Gasteiger partial charge in [-0.2, -0.15) is 0 Å². The van der Waals surface area contributed by atoms with Gasteiger partial charge in [0.05, 0.1) is 0 Å². The Morgan fingerprint density at radius 3 is 1.38 bits per heavy atom. The van der Waals surface area contributed by atoms with Crippen LogP contribution in [-0.4, -0.2) is 61.0 Å². The van der Waals surface area contributed by atoms with Crippen LogP contribution in [0.3, 0.4) is 0 Å². The van der Waals surface area contributed by atoms with Gasteiger partial charge in [-0.25, -0.2) is 0 Å². The van der Waals surface area contributed by atoms with Gasteiger partial charge in [-0.3, -0.25) is 0 Å². The Hall–Kier alpha value is 1.32. The first-order valence-corrected chi connectivity index (χ1v) is 3.27. The zero-order valence-corrected chi connectivity index (χ0v) is 8.05. The van der Waals surface area contributed by atoms with Crippen molar-refractivity contribution in [3.8, 4) is 0 Å². The Morgan fingerprint density at radius 2 is 1.38 bits per heavy atom. The van der Waals surface area contributed by atoms with E-state index in [-0.39, 0.29) is 37.7 Å². The molecule has 0 bridgehead atoms. The summed E-state index contributed by atoms with van der Waals surface area (Å²) in [5.74, 6) is 0. The molecule has 0 saturated heterocycles. The maximum atomic E-state index is 9.98. The van der Waals surface area contributed by atoms with Gasteiger partial charge in [0.15, 0.2) is 0 Å². The van der Waals surface area contributed by atoms with E-state index in [0.717, 1.165) is 14.2 Å². The van der Waals surface area contributed by atoms with Crippen molar-refractivity contribution in [2.75, 3.05) is 14.2 Å². The van der Waals surface area contributed by atoms with Gasteiger partial charge >= 0.3 is 37.7 Å². The Bertz CT molecular complexity index is 52.0. The summed E-state index contributed by atoms with van der Waals surface area (Å²) in [7, 11) is -2.05. The molecule has 0 saturated carbocycles. The van der Waals surface area contributed by atoms with Crippen molar-refractivity contribution in [1.82, 2.24) is 0 Å². The average Bonchev–Trinajstić information content (AvgIpc) is 1.68. The van der Waals surface area contributed by atoms with Crippen molar-refractivity contribution in [3.63, 3.8) is 0 Å². The summed E-state index contributed by atoms with van der Waals surface area (Å²) >= 11 is 0. The standard InChI is InChI=1S/C2H6O4Si.Ca/c1-5-7(3,4)6-2;/h1-2H3;/q-2;+2. The van der Waals surface area contributed by atoms with E-state index in [1.165, 1.54) is 0 Å². The first kappa shape index (κ1) is 12.0. The second-order valence-corrected chi connectivity index (χ2v) is 2.72. The summed E-state index contributed by atoms with van der Waals surface area (Å²) in [4.78, 5) is 20.0. The molecule has 0 aromatic rings. The van der Waals surface area contributed by atoms with Gasteiger partial charge in [0.2, 0.25) is 0 Å². The van der Waals surface area contributed by atoms with Crippen molar-refractivity contribution < 1.29 is 18.4 Å². The molecule has 0 rings (SSSR count). The molecule has 0 amide bonds. The van der Waals surface area contributed by atoms with Gasteiger partial charge in [-0.15, -0.1) is 0 Å². The third-order valence-electron chi connectivity index (χ3n) is 0.500. The molecule has 0 aromatic heterocycles. The largest absolute Gasteiger partial charge is 2.00 e. The Kier molecular flexibility index (Phi) is 7.72. The fourth-order valence-corrected chi connectivity index (χ4v) is 0.250. The fraction of sp³-hybridized carbons (Fsp3) is 1.00. The third kappa shape index (κ3) is 5.45. The monoisotopic (exact) mass is 162 g/mol. The van der Waals surface area contributed by atoms with Crippen molar-refractivity contribution in [3.05, 3.63) is 0 Å². The summed E-state index contributed by atoms with van der Waals surface area (Å²) in [6.45, 7) is 0. The summed E-state index contributed by atoms with van der Waals surface area (Å²) < 4.78 is 7.78. The summed E-state index contributed by atoms with van der Waals surface area (Å²) in [6, 6.07) is 0. The van der Waals surface area contributed by atoms with Gasteiger partial charge < -0.3 is 18.4 Å². The molecule has 0 atom stereocenters. The molecule has 0 aromatic carbocycles. The second kappa shape index (κ2) is 5.13. The molecule has 0 spiro atoms. The van der Waals surface area contributed by atoms with Crippen LogP contribution >= 0.6 is 0 Å². The molecule has 0 radical (unpaired) electrons. The molecule has 0 fully saturated rings. The van der Waals surface area contributed by atoms with Crippen molar-refractivity contribution in [2.45, 2.75) is 0 Å². The minimum Gasteiger partial charge on any atom is -0.828 e. The molecule has 6 heteroatoms. The van der Waals surface area contributed by atoms with Crippen molar-refractivity contribution in [2.24, 2.45) is 0 Å². The summed E-state index contributed by atoms with van der Waals surface area (Å²) in [6.07, 6.45) is 0.